The molecule has 0 spiro atoms. The molecule has 0 saturated heterocycles. The second-order valence-electron chi connectivity index (χ2n) is 5.83. The van der Waals surface area contributed by atoms with Crippen LogP contribution >= 0.6 is 0 Å². The molecular weight excluding hydrogens is 290 g/mol. The van der Waals surface area contributed by atoms with Crippen LogP contribution in [0.15, 0.2) is 41.2 Å². The van der Waals surface area contributed by atoms with E-state index < -0.39 is 11.4 Å². The molecule has 23 heavy (non-hydrogen) atoms. The highest BCUT2D eigenvalue weighted by Gasteiger charge is 2.21. The number of H-pyrrole nitrogens is 1. The summed E-state index contributed by atoms with van der Waals surface area (Å²) >= 11 is 0. The molecule has 0 aliphatic heterocycles. The van der Waals surface area contributed by atoms with E-state index in [1.807, 2.05) is 13.0 Å². The molecule has 0 aliphatic rings. The third-order valence-corrected chi connectivity index (χ3v) is 4.03. The van der Waals surface area contributed by atoms with Gasteiger partial charge < -0.3 is 10.1 Å². The van der Waals surface area contributed by atoms with Crippen LogP contribution in [0.1, 0.15) is 61.5 Å². The number of nitrogens with one attached hydrogen (secondary N) is 1. The van der Waals surface area contributed by atoms with Gasteiger partial charge in [0.2, 0.25) is 5.43 Å². The van der Waals surface area contributed by atoms with Gasteiger partial charge in [-0.2, -0.15) is 0 Å². The molecule has 1 atom stereocenters. The predicted octanol–water partition coefficient (Wildman–Crippen LogP) is 4.47. The van der Waals surface area contributed by atoms with E-state index in [1.165, 1.54) is 0 Å². The van der Waals surface area contributed by atoms with Crippen LogP contribution in [-0.4, -0.2) is 16.1 Å². The molecule has 0 saturated carbocycles. The first-order chi connectivity index (χ1) is 11.1. The van der Waals surface area contributed by atoms with Crippen LogP contribution in [0.4, 0.5) is 0 Å². The topological polar surface area (TPSA) is 70.2 Å². The van der Waals surface area contributed by atoms with Gasteiger partial charge in [0.1, 0.15) is 5.56 Å². The van der Waals surface area contributed by atoms with Crippen LogP contribution < -0.4 is 5.43 Å². The number of rotatable bonds is 7. The molecule has 1 aromatic heterocycles. The van der Waals surface area contributed by atoms with Gasteiger partial charge in [0, 0.05) is 16.6 Å². The molecule has 2 rings (SSSR count). The molecule has 2 N–H and O–H groups in total. The molecule has 2 aromatic rings. The van der Waals surface area contributed by atoms with E-state index in [0.29, 0.717) is 16.6 Å². The lowest BCUT2D eigenvalue weighted by Crippen LogP contribution is -2.21. The molecule has 1 unspecified atom stereocenters. The number of unbranched alkanes of at least 4 members (excludes halogenated alkanes) is 1. The van der Waals surface area contributed by atoms with Crippen molar-refractivity contribution in [1.82, 2.24) is 4.98 Å². The maximum absolute atomic E-state index is 12.5. The molecule has 0 fully saturated rings. The Morgan fingerprint density at radius 1 is 1.26 bits per heavy atom. The summed E-state index contributed by atoms with van der Waals surface area (Å²) in [7, 11) is 0. The molecule has 1 aromatic carbocycles. The maximum atomic E-state index is 12.5. The summed E-state index contributed by atoms with van der Waals surface area (Å²) in [5, 5.41) is 9.88. The van der Waals surface area contributed by atoms with Crippen molar-refractivity contribution in [3.63, 3.8) is 0 Å². The summed E-state index contributed by atoms with van der Waals surface area (Å²) in [5.74, 6) is -1.19. The minimum Gasteiger partial charge on any atom is -0.477 e. The largest absolute Gasteiger partial charge is 0.477 e. The normalized spacial score (nSPS) is 12.8. The number of hydrogen-bond donors (Lipinski definition) is 2. The Labute approximate surface area is 135 Å². The molecule has 0 aliphatic carbocycles. The number of carboxylic acids is 1. The summed E-state index contributed by atoms with van der Waals surface area (Å²) in [5.41, 5.74) is 0.667. The number of aromatic amines is 1. The molecule has 0 amide bonds. The van der Waals surface area contributed by atoms with Gasteiger partial charge in [-0.1, -0.05) is 44.6 Å². The molecule has 0 bridgehead atoms. The Kier molecular flexibility index (Phi) is 5.74. The van der Waals surface area contributed by atoms with E-state index >= 15 is 0 Å². The number of carboxylic acid groups (broad SMARTS) is 1. The molecular formula is C19H23NO3. The average Bonchev–Trinajstić information content (AvgIpc) is 2.54. The average molecular weight is 313 g/mol. The molecule has 4 nitrogen and oxygen atoms in total. The van der Waals surface area contributed by atoms with E-state index in [1.54, 1.807) is 18.2 Å². The van der Waals surface area contributed by atoms with Gasteiger partial charge in [0.05, 0.1) is 0 Å². The lowest BCUT2D eigenvalue weighted by Gasteiger charge is -2.15. The van der Waals surface area contributed by atoms with Crippen molar-refractivity contribution < 1.29 is 9.90 Å². The number of fused-ring (bicyclic) bond motifs is 1. The minimum atomic E-state index is -1.17. The van der Waals surface area contributed by atoms with E-state index in [2.05, 4.69) is 24.1 Å². The number of carbonyl (C=O) groups is 1. The van der Waals surface area contributed by atoms with Crippen LogP contribution in [0.25, 0.3) is 10.9 Å². The highest BCUT2D eigenvalue weighted by Crippen LogP contribution is 2.23. The Hall–Kier alpha value is -2.36. The monoisotopic (exact) mass is 313 g/mol. The Morgan fingerprint density at radius 3 is 2.65 bits per heavy atom. The molecule has 4 heteroatoms. The van der Waals surface area contributed by atoms with Crippen molar-refractivity contribution in [1.29, 1.82) is 0 Å². The number of hydrogen-bond acceptors (Lipinski definition) is 2. The summed E-state index contributed by atoms with van der Waals surface area (Å²) in [6, 6.07) is 7.04. The highest BCUT2D eigenvalue weighted by molar-refractivity contribution is 5.94. The summed E-state index contributed by atoms with van der Waals surface area (Å²) < 4.78 is 0. The Bertz CT molecular complexity index is 774. The zero-order valence-corrected chi connectivity index (χ0v) is 13.6. The van der Waals surface area contributed by atoms with Crippen LogP contribution in [-0.2, 0) is 0 Å². The lowest BCUT2D eigenvalue weighted by atomic mass is 9.95. The molecule has 122 valence electrons. The SMILES string of the molecule is CCCC=CCCC(C)c1[nH]c2ccccc2c(=O)c1C(=O)O. The van der Waals surface area contributed by atoms with Crippen molar-refractivity contribution in [2.45, 2.75) is 45.4 Å². The van der Waals surface area contributed by atoms with Gasteiger partial charge in [-0.05, 0) is 37.3 Å². The van der Waals surface area contributed by atoms with E-state index in [0.717, 1.165) is 25.7 Å². The number of para-hydroxylation sites is 1. The maximum Gasteiger partial charge on any atom is 0.341 e. The van der Waals surface area contributed by atoms with Crippen molar-refractivity contribution >= 4 is 16.9 Å². The van der Waals surface area contributed by atoms with Crippen LogP contribution in [0, 0.1) is 0 Å². The van der Waals surface area contributed by atoms with Crippen molar-refractivity contribution in [2.75, 3.05) is 0 Å². The zero-order valence-electron chi connectivity index (χ0n) is 13.6. The van der Waals surface area contributed by atoms with E-state index in [4.69, 9.17) is 0 Å². The molecule has 1 heterocycles. The van der Waals surface area contributed by atoms with Gasteiger partial charge >= 0.3 is 5.97 Å². The minimum absolute atomic E-state index is 0.0234. The predicted molar refractivity (Wildman–Crippen MR) is 93.2 cm³/mol. The van der Waals surface area contributed by atoms with Crippen LogP contribution in [0.3, 0.4) is 0 Å². The van der Waals surface area contributed by atoms with Crippen LogP contribution in [0.2, 0.25) is 0 Å². The number of benzene rings is 1. The Balaban J connectivity index is 2.36. The third-order valence-electron chi connectivity index (χ3n) is 4.03. The first kappa shape index (κ1) is 17.0. The summed E-state index contributed by atoms with van der Waals surface area (Å²) in [6.07, 6.45) is 8.12. The van der Waals surface area contributed by atoms with Gasteiger partial charge in [0.15, 0.2) is 0 Å². The third kappa shape index (κ3) is 3.89. The fourth-order valence-electron chi connectivity index (χ4n) is 2.73. The number of aromatic nitrogens is 1. The zero-order chi connectivity index (χ0) is 16.8. The Morgan fingerprint density at radius 2 is 1.96 bits per heavy atom. The second kappa shape index (κ2) is 7.77. The van der Waals surface area contributed by atoms with Crippen molar-refractivity contribution in [2.24, 2.45) is 0 Å². The smallest absolute Gasteiger partial charge is 0.341 e. The lowest BCUT2D eigenvalue weighted by molar-refractivity contribution is 0.0693. The standard InChI is InChI=1S/C19H23NO3/c1-3-4-5-6-7-10-13(2)17-16(19(22)23)18(21)14-11-8-9-12-15(14)20-17/h5-6,8-9,11-13H,3-4,7,10H2,1-2H3,(H,20,21)(H,22,23). The quantitative estimate of drug-likeness (QED) is 0.741. The number of aromatic carboxylic acids is 1. The summed E-state index contributed by atoms with van der Waals surface area (Å²) in [6.45, 7) is 4.09. The van der Waals surface area contributed by atoms with E-state index in [-0.39, 0.29) is 11.5 Å². The first-order valence-electron chi connectivity index (χ1n) is 8.09. The number of allylic oxidation sites excluding steroid dienone is 2. The summed E-state index contributed by atoms with van der Waals surface area (Å²) in [4.78, 5) is 27.2. The fraction of sp³-hybridized carbons (Fsp3) is 0.368. The van der Waals surface area contributed by atoms with Crippen LogP contribution in [0.5, 0.6) is 0 Å². The van der Waals surface area contributed by atoms with Gasteiger partial charge in [-0.25, -0.2) is 4.79 Å². The van der Waals surface area contributed by atoms with Gasteiger partial charge in [-0.3, -0.25) is 4.79 Å². The highest BCUT2D eigenvalue weighted by atomic mass is 16.4. The van der Waals surface area contributed by atoms with E-state index in [9.17, 15) is 14.7 Å². The van der Waals surface area contributed by atoms with Crippen molar-refractivity contribution in [3.8, 4) is 0 Å². The van der Waals surface area contributed by atoms with Crippen molar-refractivity contribution in [3.05, 3.63) is 57.9 Å². The van der Waals surface area contributed by atoms with Gasteiger partial charge in [0.25, 0.3) is 0 Å². The number of pyridine rings is 1. The fourth-order valence-corrected chi connectivity index (χ4v) is 2.73. The first-order valence-corrected chi connectivity index (χ1v) is 8.09. The molecule has 0 radical (unpaired) electrons. The van der Waals surface area contributed by atoms with Gasteiger partial charge in [-0.15, -0.1) is 0 Å². The second-order valence-corrected chi connectivity index (χ2v) is 5.83.